The second-order valence-electron chi connectivity index (χ2n) is 4.04. The molecule has 1 aliphatic heterocycles. The molecule has 0 aromatic carbocycles. The monoisotopic (exact) mass is 219 g/mol. The van der Waals surface area contributed by atoms with Crippen LogP contribution in [-0.4, -0.2) is 48.0 Å². The van der Waals surface area contributed by atoms with Crippen molar-refractivity contribution in [1.29, 1.82) is 0 Å². The van der Waals surface area contributed by atoms with Gasteiger partial charge in [0.1, 0.15) is 0 Å². The molecule has 0 bridgehead atoms. The first kappa shape index (κ1) is 12.2. The maximum Gasteiger partial charge on any atom is 0.404 e. The quantitative estimate of drug-likeness (QED) is 0.609. The van der Waals surface area contributed by atoms with Crippen molar-refractivity contribution in [2.45, 2.75) is 25.7 Å². The first-order valence-corrected chi connectivity index (χ1v) is 4.83. The van der Waals surface area contributed by atoms with Gasteiger partial charge in [0.15, 0.2) is 5.79 Å². The zero-order valence-electron chi connectivity index (χ0n) is 8.90. The number of carboxylic acid groups (broad SMARTS) is 1. The fraction of sp³-hybridized carbons (Fsp3) is 0.889. The maximum absolute atomic E-state index is 10.3. The van der Waals surface area contributed by atoms with Gasteiger partial charge in [0, 0.05) is 12.5 Å². The van der Waals surface area contributed by atoms with Crippen LogP contribution in [0.25, 0.3) is 0 Å². The molecule has 0 aromatic rings. The van der Waals surface area contributed by atoms with Gasteiger partial charge in [0.05, 0.1) is 19.3 Å². The van der Waals surface area contributed by atoms with Gasteiger partial charge < -0.3 is 25.0 Å². The molecule has 3 N–H and O–H groups in total. The van der Waals surface area contributed by atoms with Crippen molar-refractivity contribution in [2.24, 2.45) is 5.92 Å². The van der Waals surface area contributed by atoms with E-state index in [4.69, 9.17) is 14.6 Å². The topological polar surface area (TPSA) is 88.0 Å². The van der Waals surface area contributed by atoms with E-state index in [2.05, 4.69) is 5.32 Å². The van der Waals surface area contributed by atoms with Crippen LogP contribution in [-0.2, 0) is 9.47 Å². The molecule has 6 nitrogen and oxygen atoms in total. The standard InChI is InChI=1S/C9H17NO5/c1-9(2)14-4-6(3-10-8(12)13)7(11)5-15-9/h6-7,10-11H,3-5H2,1-2H3,(H,12,13). The maximum atomic E-state index is 10.3. The number of carbonyl (C=O) groups is 1. The highest BCUT2D eigenvalue weighted by Gasteiger charge is 2.31. The molecule has 1 amide bonds. The molecule has 2 unspecified atom stereocenters. The Labute approximate surface area is 88.2 Å². The van der Waals surface area contributed by atoms with E-state index >= 15 is 0 Å². The van der Waals surface area contributed by atoms with Gasteiger partial charge in [-0.3, -0.25) is 0 Å². The number of aliphatic hydroxyl groups excluding tert-OH is 1. The average Bonchev–Trinajstić information content (AvgIpc) is 2.25. The zero-order valence-corrected chi connectivity index (χ0v) is 8.90. The van der Waals surface area contributed by atoms with E-state index in [1.165, 1.54) is 0 Å². The van der Waals surface area contributed by atoms with E-state index < -0.39 is 18.0 Å². The Morgan fingerprint density at radius 3 is 2.67 bits per heavy atom. The highest BCUT2D eigenvalue weighted by Crippen LogP contribution is 2.20. The molecular weight excluding hydrogens is 202 g/mol. The van der Waals surface area contributed by atoms with Gasteiger partial charge in [-0.25, -0.2) is 4.79 Å². The highest BCUT2D eigenvalue weighted by molar-refractivity contribution is 5.64. The first-order valence-electron chi connectivity index (χ1n) is 4.83. The van der Waals surface area contributed by atoms with Crippen molar-refractivity contribution >= 4 is 6.09 Å². The minimum atomic E-state index is -1.10. The van der Waals surface area contributed by atoms with Gasteiger partial charge in [-0.2, -0.15) is 0 Å². The average molecular weight is 219 g/mol. The molecule has 0 aliphatic carbocycles. The van der Waals surface area contributed by atoms with Gasteiger partial charge in [-0.1, -0.05) is 0 Å². The van der Waals surface area contributed by atoms with Gasteiger partial charge in [-0.05, 0) is 13.8 Å². The first-order chi connectivity index (χ1) is 6.91. The Balaban J connectivity index is 2.46. The minimum Gasteiger partial charge on any atom is -0.465 e. The van der Waals surface area contributed by atoms with Crippen LogP contribution in [0.3, 0.4) is 0 Å². The second-order valence-corrected chi connectivity index (χ2v) is 4.04. The molecule has 1 heterocycles. The molecule has 1 aliphatic rings. The summed E-state index contributed by atoms with van der Waals surface area (Å²) >= 11 is 0. The molecular formula is C9H17NO5. The number of aliphatic hydroxyl groups is 1. The molecule has 1 rings (SSSR count). The Morgan fingerprint density at radius 2 is 2.07 bits per heavy atom. The van der Waals surface area contributed by atoms with Crippen LogP contribution >= 0.6 is 0 Å². The molecule has 2 atom stereocenters. The lowest BCUT2D eigenvalue weighted by molar-refractivity contribution is -0.204. The minimum absolute atomic E-state index is 0.152. The third-order valence-electron chi connectivity index (χ3n) is 2.31. The Bertz CT molecular complexity index is 231. The number of ether oxygens (including phenoxy) is 2. The summed E-state index contributed by atoms with van der Waals surface area (Å²) in [7, 11) is 0. The van der Waals surface area contributed by atoms with Gasteiger partial charge in [0.25, 0.3) is 0 Å². The van der Waals surface area contributed by atoms with E-state index in [-0.39, 0.29) is 25.7 Å². The number of hydrogen-bond donors (Lipinski definition) is 3. The number of amides is 1. The summed E-state index contributed by atoms with van der Waals surface area (Å²) in [5.74, 6) is -0.998. The molecule has 0 saturated carbocycles. The molecule has 1 fully saturated rings. The summed E-state index contributed by atoms with van der Waals surface area (Å²) in [6.07, 6.45) is -1.81. The Hall–Kier alpha value is -0.850. The van der Waals surface area contributed by atoms with E-state index in [1.54, 1.807) is 13.8 Å². The SMILES string of the molecule is CC1(C)OCC(O)C(CNC(=O)O)CO1. The van der Waals surface area contributed by atoms with Crippen molar-refractivity contribution in [2.75, 3.05) is 19.8 Å². The third kappa shape index (κ3) is 4.03. The lowest BCUT2D eigenvalue weighted by Gasteiger charge is -2.22. The van der Waals surface area contributed by atoms with E-state index in [0.717, 1.165) is 0 Å². The predicted octanol–water partition coefficient (Wildman–Crippen LogP) is 0.0140. The highest BCUT2D eigenvalue weighted by atomic mass is 16.7. The van der Waals surface area contributed by atoms with Gasteiger partial charge >= 0.3 is 6.09 Å². The molecule has 15 heavy (non-hydrogen) atoms. The fourth-order valence-electron chi connectivity index (χ4n) is 1.30. The van der Waals surface area contributed by atoms with Crippen molar-refractivity contribution in [1.82, 2.24) is 5.32 Å². The zero-order chi connectivity index (χ0) is 11.5. The molecule has 1 saturated heterocycles. The molecule has 88 valence electrons. The largest absolute Gasteiger partial charge is 0.465 e. The normalized spacial score (nSPS) is 30.6. The molecule has 6 heteroatoms. The summed E-state index contributed by atoms with van der Waals surface area (Å²) in [5, 5.41) is 20.3. The van der Waals surface area contributed by atoms with Crippen LogP contribution in [0.2, 0.25) is 0 Å². The number of hydrogen-bond acceptors (Lipinski definition) is 4. The van der Waals surface area contributed by atoms with Crippen molar-refractivity contribution in [3.8, 4) is 0 Å². The second kappa shape index (κ2) is 4.78. The lowest BCUT2D eigenvalue weighted by Crippen LogP contribution is -2.37. The molecule has 0 radical (unpaired) electrons. The summed E-state index contributed by atoms with van der Waals surface area (Å²) in [4.78, 5) is 10.3. The van der Waals surface area contributed by atoms with Crippen LogP contribution in [0.5, 0.6) is 0 Å². The smallest absolute Gasteiger partial charge is 0.404 e. The lowest BCUT2D eigenvalue weighted by atomic mass is 10.0. The predicted molar refractivity (Wildman–Crippen MR) is 51.5 cm³/mol. The van der Waals surface area contributed by atoms with E-state index in [1.807, 2.05) is 0 Å². The summed E-state index contributed by atoms with van der Waals surface area (Å²) in [5.41, 5.74) is 0. The van der Waals surface area contributed by atoms with Crippen LogP contribution < -0.4 is 5.32 Å². The van der Waals surface area contributed by atoms with E-state index in [9.17, 15) is 9.90 Å². The Kier molecular flexibility index (Phi) is 3.90. The number of rotatable bonds is 2. The van der Waals surface area contributed by atoms with Crippen LogP contribution in [0.15, 0.2) is 0 Å². The summed E-state index contributed by atoms with van der Waals surface area (Å²) in [6.45, 7) is 4.10. The number of nitrogens with one attached hydrogen (secondary N) is 1. The summed E-state index contributed by atoms with van der Waals surface area (Å²) in [6, 6.07) is 0. The van der Waals surface area contributed by atoms with Crippen LogP contribution in [0, 0.1) is 5.92 Å². The third-order valence-corrected chi connectivity index (χ3v) is 2.31. The Morgan fingerprint density at radius 1 is 1.47 bits per heavy atom. The van der Waals surface area contributed by atoms with Crippen molar-refractivity contribution in [3.05, 3.63) is 0 Å². The van der Waals surface area contributed by atoms with Crippen molar-refractivity contribution in [3.63, 3.8) is 0 Å². The molecule has 0 spiro atoms. The van der Waals surface area contributed by atoms with Gasteiger partial charge in [-0.15, -0.1) is 0 Å². The fourth-order valence-corrected chi connectivity index (χ4v) is 1.30. The van der Waals surface area contributed by atoms with Crippen molar-refractivity contribution < 1.29 is 24.5 Å². The van der Waals surface area contributed by atoms with Crippen LogP contribution in [0.4, 0.5) is 4.79 Å². The van der Waals surface area contributed by atoms with E-state index in [0.29, 0.717) is 0 Å². The molecule has 0 aromatic heterocycles. The summed E-state index contributed by atoms with van der Waals surface area (Å²) < 4.78 is 10.7. The van der Waals surface area contributed by atoms with Crippen LogP contribution in [0.1, 0.15) is 13.8 Å². The van der Waals surface area contributed by atoms with Gasteiger partial charge in [0.2, 0.25) is 0 Å².